The Balaban J connectivity index is 1.30. The molecule has 0 amide bonds. The number of anilines is 1. The van der Waals surface area contributed by atoms with Gasteiger partial charge in [-0.15, -0.1) is 0 Å². The summed E-state index contributed by atoms with van der Waals surface area (Å²) in [5, 5.41) is 11.2. The number of benzene rings is 1. The number of rotatable bonds is 5. The van der Waals surface area contributed by atoms with E-state index < -0.39 is 17.5 Å². The minimum atomic E-state index is -0.898. The molecule has 4 aliphatic heterocycles. The maximum atomic E-state index is 16.9. The van der Waals surface area contributed by atoms with Crippen molar-refractivity contribution in [2.75, 3.05) is 51.5 Å². The second-order valence-corrected chi connectivity index (χ2v) is 13.6. The molecule has 2 atom stereocenters. The fraction of sp³-hybridized carbons (Fsp3) is 0.594. The summed E-state index contributed by atoms with van der Waals surface area (Å²) in [6.45, 7) is 3.03. The molecule has 234 valence electrons. The van der Waals surface area contributed by atoms with Crippen LogP contribution in [0.5, 0.6) is 17.6 Å². The van der Waals surface area contributed by atoms with Gasteiger partial charge in [0.2, 0.25) is 5.88 Å². The summed E-state index contributed by atoms with van der Waals surface area (Å²) in [5.41, 5.74) is 0.511. The molecule has 1 N–H and O–H groups in total. The topological polar surface area (TPSA) is 93.1 Å². The molecule has 0 bridgehead atoms. The Morgan fingerprint density at radius 3 is 2.70 bits per heavy atom. The Morgan fingerprint density at radius 1 is 1.11 bits per heavy atom. The van der Waals surface area contributed by atoms with Gasteiger partial charge in [-0.25, -0.2) is 13.8 Å². The minimum Gasteiger partial charge on any atom is -0.508 e. The molecule has 9 nitrogen and oxygen atoms in total. The number of aromatic nitrogens is 3. The van der Waals surface area contributed by atoms with E-state index in [0.717, 1.165) is 50.6 Å². The summed E-state index contributed by atoms with van der Waals surface area (Å²) in [4.78, 5) is 18.5. The molecule has 2 aromatic heterocycles. The molecule has 6 heterocycles. The van der Waals surface area contributed by atoms with Gasteiger partial charge in [0.25, 0.3) is 0 Å². The lowest BCUT2D eigenvalue weighted by Gasteiger charge is -2.46. The number of fused-ring (bicyclic) bond motifs is 1. The Morgan fingerprint density at radius 2 is 1.91 bits per heavy atom. The van der Waals surface area contributed by atoms with E-state index in [-0.39, 0.29) is 46.9 Å². The van der Waals surface area contributed by atoms with Crippen molar-refractivity contribution in [2.24, 2.45) is 0 Å². The van der Waals surface area contributed by atoms with Crippen molar-refractivity contribution in [2.45, 2.75) is 74.5 Å². The molecule has 1 aliphatic carbocycles. The van der Waals surface area contributed by atoms with E-state index in [0.29, 0.717) is 61.0 Å². The Labute approximate surface area is 259 Å². The number of hydrogen-bond donors (Lipinski definition) is 1. The van der Waals surface area contributed by atoms with E-state index >= 15 is 4.39 Å². The summed E-state index contributed by atoms with van der Waals surface area (Å²) in [5.74, 6) is 0.133. The van der Waals surface area contributed by atoms with Gasteiger partial charge in [-0.3, -0.25) is 4.90 Å². The molecular weight excluding hydrogens is 592 g/mol. The number of halogens is 3. The first-order chi connectivity index (χ1) is 21.3. The molecule has 4 fully saturated rings. The summed E-state index contributed by atoms with van der Waals surface area (Å²) in [6.07, 6.45) is 5.39. The van der Waals surface area contributed by atoms with Crippen molar-refractivity contribution in [3.8, 4) is 28.9 Å². The third-order valence-corrected chi connectivity index (χ3v) is 10.9. The van der Waals surface area contributed by atoms with Gasteiger partial charge >= 0.3 is 6.01 Å². The highest BCUT2D eigenvalue weighted by Crippen LogP contribution is 2.51. The van der Waals surface area contributed by atoms with Crippen molar-refractivity contribution in [3.05, 3.63) is 28.5 Å². The van der Waals surface area contributed by atoms with Gasteiger partial charge < -0.3 is 24.2 Å². The lowest BCUT2D eigenvalue weighted by atomic mass is 9.84. The maximum absolute atomic E-state index is 16.9. The second kappa shape index (κ2) is 10.5. The van der Waals surface area contributed by atoms with E-state index in [9.17, 15) is 9.50 Å². The van der Waals surface area contributed by atoms with Crippen LogP contribution in [0.15, 0.2) is 12.1 Å². The normalized spacial score (nSPS) is 26.5. The van der Waals surface area contributed by atoms with E-state index in [1.165, 1.54) is 12.1 Å². The summed E-state index contributed by atoms with van der Waals surface area (Å²) in [6, 6.07) is 3.03. The largest absolute Gasteiger partial charge is 0.508 e. The third kappa shape index (κ3) is 4.57. The van der Waals surface area contributed by atoms with E-state index in [4.69, 9.17) is 35.8 Å². The number of hydrogen-bond acceptors (Lipinski definition) is 9. The molecule has 8 rings (SSSR count). The molecule has 3 saturated heterocycles. The quantitative estimate of drug-likeness (QED) is 0.377. The number of phenolic OH excluding ortho intramolecular Hbond substituents is 1. The second-order valence-electron chi connectivity index (χ2n) is 13.2. The number of aromatic hydroxyl groups is 1. The zero-order valence-corrected chi connectivity index (χ0v) is 25.5. The molecule has 1 aromatic carbocycles. The van der Waals surface area contributed by atoms with Gasteiger partial charge in [0.15, 0.2) is 5.82 Å². The van der Waals surface area contributed by atoms with Gasteiger partial charge in [-0.1, -0.05) is 11.6 Å². The van der Waals surface area contributed by atoms with Crippen molar-refractivity contribution < 1.29 is 28.1 Å². The first-order valence-electron chi connectivity index (χ1n) is 15.7. The van der Waals surface area contributed by atoms with Crippen LogP contribution < -0.4 is 14.4 Å². The highest BCUT2D eigenvalue weighted by Gasteiger charge is 2.49. The highest BCUT2D eigenvalue weighted by atomic mass is 35.5. The first-order valence-corrected chi connectivity index (χ1v) is 16.1. The number of alkyl halides is 1. The fourth-order valence-corrected chi connectivity index (χ4v) is 8.36. The molecule has 12 heteroatoms. The molecule has 1 spiro atoms. The summed E-state index contributed by atoms with van der Waals surface area (Å²) in [7, 11) is 1.97. The Kier molecular flexibility index (Phi) is 6.80. The van der Waals surface area contributed by atoms with Crippen molar-refractivity contribution in [1.82, 2.24) is 19.9 Å². The van der Waals surface area contributed by atoms with Gasteiger partial charge in [0, 0.05) is 55.8 Å². The monoisotopic (exact) mass is 627 g/mol. The standard InChI is InChI=1S/C32H36ClF2N5O4/c1-39-28-24-27(37-30(38-28)44-17-32-5-2-9-40(32)16-19(34)15-32)25(35)26(21-13-20(41)14-22(33)23(21)18-3-4-18)36-29(24)43-12-8-31(39)6-10-42-11-7-31/h13-14,18-19,41H,2-12,15-17H2,1H3/t19-,32+/m1/s1. The summed E-state index contributed by atoms with van der Waals surface area (Å²) < 4.78 is 49.7. The molecule has 3 aromatic rings. The van der Waals surface area contributed by atoms with Crippen molar-refractivity contribution in [1.29, 1.82) is 0 Å². The Hall–Kier alpha value is -3.02. The average Bonchev–Trinajstić information content (AvgIpc) is 3.69. The molecule has 44 heavy (non-hydrogen) atoms. The van der Waals surface area contributed by atoms with Crippen LogP contribution in [0.3, 0.4) is 0 Å². The molecular formula is C32H36ClF2N5O4. The SMILES string of the molecule is CN1c2nc(OC[C@@]34CCCN3C[C@H](F)C4)nc3c(F)c(-c4cc(O)cc(Cl)c4C4CC4)nc(c23)OCCC12CCOCC2. The predicted molar refractivity (Wildman–Crippen MR) is 161 cm³/mol. The van der Waals surface area contributed by atoms with Crippen LogP contribution in [-0.2, 0) is 4.74 Å². The van der Waals surface area contributed by atoms with Gasteiger partial charge in [0.05, 0.1) is 12.1 Å². The molecule has 0 unspecified atom stereocenters. The van der Waals surface area contributed by atoms with Crippen LogP contribution >= 0.6 is 11.6 Å². The smallest absolute Gasteiger partial charge is 0.319 e. The van der Waals surface area contributed by atoms with Crippen LogP contribution in [0.4, 0.5) is 14.6 Å². The number of nitrogens with zero attached hydrogens (tertiary/aromatic N) is 5. The zero-order valence-electron chi connectivity index (χ0n) is 24.8. The van der Waals surface area contributed by atoms with Crippen molar-refractivity contribution in [3.63, 3.8) is 0 Å². The van der Waals surface area contributed by atoms with Crippen LogP contribution in [0, 0.1) is 5.82 Å². The van der Waals surface area contributed by atoms with E-state index in [1.54, 1.807) is 0 Å². The average molecular weight is 628 g/mol. The summed E-state index contributed by atoms with van der Waals surface area (Å²) >= 11 is 6.60. The van der Waals surface area contributed by atoms with Gasteiger partial charge in [-0.05, 0) is 68.7 Å². The van der Waals surface area contributed by atoms with Crippen LogP contribution in [0.25, 0.3) is 22.2 Å². The maximum Gasteiger partial charge on any atom is 0.319 e. The number of phenols is 1. The minimum absolute atomic E-state index is 0.0171. The predicted octanol–water partition coefficient (Wildman–Crippen LogP) is 5.79. The lowest BCUT2D eigenvalue weighted by molar-refractivity contribution is 0.0421. The highest BCUT2D eigenvalue weighted by molar-refractivity contribution is 6.32. The lowest BCUT2D eigenvalue weighted by Crippen LogP contribution is -2.52. The van der Waals surface area contributed by atoms with Gasteiger partial charge in [0.1, 0.15) is 40.9 Å². The zero-order chi connectivity index (χ0) is 30.2. The first kappa shape index (κ1) is 28.5. The number of ether oxygens (including phenoxy) is 3. The molecule has 1 saturated carbocycles. The van der Waals surface area contributed by atoms with Gasteiger partial charge in [-0.2, -0.15) is 9.97 Å². The third-order valence-electron chi connectivity index (χ3n) is 10.6. The molecule has 0 radical (unpaired) electrons. The van der Waals surface area contributed by atoms with Crippen molar-refractivity contribution >= 4 is 28.3 Å². The molecule has 5 aliphatic rings. The van der Waals surface area contributed by atoms with Crippen LogP contribution in [0.1, 0.15) is 62.8 Å². The van der Waals surface area contributed by atoms with E-state index in [2.05, 4.69) is 14.8 Å². The van der Waals surface area contributed by atoms with E-state index in [1.807, 2.05) is 7.05 Å². The Bertz CT molecular complexity index is 1630. The van der Waals surface area contributed by atoms with Crippen LogP contribution in [-0.4, -0.2) is 88.8 Å². The number of pyridine rings is 1. The van der Waals surface area contributed by atoms with Crippen LogP contribution in [0.2, 0.25) is 5.02 Å². The fourth-order valence-electron chi connectivity index (χ4n) is 7.99.